The van der Waals surface area contributed by atoms with Crippen LogP contribution in [0.5, 0.6) is 5.75 Å². The Labute approximate surface area is 588 Å². The van der Waals surface area contributed by atoms with E-state index in [-0.39, 0.29) is 23.0 Å². The number of ether oxygens (including phenoxy) is 1. The average molecular weight is 1390 g/mol. The maximum atomic E-state index is 13.5. The Kier molecular flexibility index (Phi) is 25.9. The topological polar surface area (TPSA) is 329 Å². The number of carboxylic acid groups (broad SMARTS) is 5. The van der Waals surface area contributed by atoms with E-state index in [2.05, 4.69) is 186 Å². The number of aromatic nitrogens is 5. The Morgan fingerprint density at radius 2 is 0.980 bits per heavy atom. The van der Waals surface area contributed by atoms with E-state index in [0.29, 0.717) is 12.1 Å². The van der Waals surface area contributed by atoms with Gasteiger partial charge in [-0.3, -0.25) is 4.99 Å². The number of nitrogens with one attached hydrogen (secondary N) is 2. The SMILES string of the molecule is CC(=O)[O-].CC(=O)[O-].CC(=O)[O-].CC(=O)[O-].CC(=O)[O-].COc1ccc2[nH]c3c(C)c4cc[n+](CCCCC([O-])=Nc5ccc(C6=C7C=CC(=N7)C(c7cc[n+](C)cc7)=C7C=CC(=N7)C(c7cc[n+](C)cc7)=C7C=CC(=N7)C(=C7C=CN(C)C=C7)c7ccc6[nH]7)cc5)cc4c(C)c3c2c1.[Mn+3]. The number of aliphatic carboxylic acids is 5. The Morgan fingerprint density at radius 3 is 1.47 bits per heavy atom. The van der Waals surface area contributed by atoms with Crippen LogP contribution in [-0.2, 0) is 61.7 Å². The van der Waals surface area contributed by atoms with Crippen molar-refractivity contribution in [2.45, 2.75) is 74.3 Å². The van der Waals surface area contributed by atoms with Gasteiger partial charge in [-0.15, -0.1) is 0 Å². The number of allylic oxidation sites excluding steroid dienone is 12. The summed E-state index contributed by atoms with van der Waals surface area (Å²) in [6, 6.07) is 29.1. The fourth-order valence-corrected chi connectivity index (χ4v) is 11.4. The molecule has 0 saturated carbocycles. The molecule has 10 heterocycles. The predicted molar refractivity (Wildman–Crippen MR) is 369 cm³/mol. The first-order chi connectivity index (χ1) is 47.2. The first-order valence-electron chi connectivity index (χ1n) is 31.3. The second kappa shape index (κ2) is 34.3. The molecule has 5 aliphatic heterocycles. The third-order valence-electron chi connectivity index (χ3n) is 15.5. The van der Waals surface area contributed by atoms with E-state index < -0.39 is 29.8 Å². The Bertz CT molecular complexity index is 4810. The number of hydrogen-bond donors (Lipinski definition) is 2. The normalized spacial score (nSPS) is 13.9. The Balaban J connectivity index is 0.000000595. The average Bonchev–Trinajstić information content (AvgIpc) is 1.58. The third-order valence-corrected chi connectivity index (χ3v) is 15.5. The fourth-order valence-electron chi connectivity index (χ4n) is 11.4. The van der Waals surface area contributed by atoms with Crippen molar-refractivity contribution in [3.05, 3.63) is 245 Å². The van der Waals surface area contributed by atoms with Crippen molar-refractivity contribution in [3.8, 4) is 5.75 Å². The zero-order valence-electron chi connectivity index (χ0n) is 57.0. The molecule has 8 bridgehead atoms. The van der Waals surface area contributed by atoms with Crippen molar-refractivity contribution in [1.82, 2.24) is 14.9 Å². The number of aliphatic imine (C=N–C) groups is 4. The van der Waals surface area contributed by atoms with Crippen LogP contribution in [0, 0.1) is 13.8 Å². The standard InChI is InChI=1S/C67H57N10O2.5C2H4O2.Mn/c1-41-51-40-77(38-30-49(51)42(2)67-62(41)50-39-48(79-6)14-15-52(50)73-67)31-8-7-9-61(78)68-47-12-10-43(11-13-47)63-53-16-18-55(69-53)64(44-24-32-74(3)33-25-44)57-20-22-59(71-57)66(46-28-36-76(5)37-29-46)60-23-21-58(72-60)65(56-19-17-54(63)70-56)45-26-34-75(4)35-27-45;5*1-2(3)4;/h10-30,32-40H,7-9,31H2,1-6H3,(H-,68,69,70,71,72,78);5*1H3,(H,3,4);/q+1;;;;;;+3/p-4. The molecule has 0 fully saturated rings. The van der Waals surface area contributed by atoms with E-state index in [1.54, 1.807) is 7.11 Å². The van der Waals surface area contributed by atoms with Gasteiger partial charge in [-0.1, -0.05) is 12.1 Å². The van der Waals surface area contributed by atoms with Crippen LogP contribution in [0.2, 0.25) is 0 Å². The van der Waals surface area contributed by atoms with E-state index in [0.717, 1.165) is 166 Å². The second-order valence-corrected chi connectivity index (χ2v) is 23.2. The minimum Gasteiger partial charge on any atom is -0.862 e. The number of pyridine rings is 3. The van der Waals surface area contributed by atoms with Gasteiger partial charge < -0.3 is 74.2 Å². The smallest absolute Gasteiger partial charge is 0.862 e. The number of carboxylic acids is 5. The van der Waals surface area contributed by atoms with Crippen LogP contribution in [0.25, 0.3) is 54.9 Å². The third kappa shape index (κ3) is 19.4. The van der Waals surface area contributed by atoms with Crippen molar-refractivity contribution in [3.63, 3.8) is 0 Å². The zero-order valence-corrected chi connectivity index (χ0v) is 58.2. The zero-order chi connectivity index (χ0) is 71.8. The fraction of sp³-hybridized carbons (Fsp3) is 0.195. The Hall–Kier alpha value is -11.9. The number of aromatic amines is 2. The number of unbranched alkanes of at least 4 members (excludes halogenated alkanes) is 1. The number of fused-ring (bicyclic) bond motifs is 9. The molecule has 22 nitrogen and oxygen atoms in total. The number of aryl methyl sites for hydroxylation is 5. The van der Waals surface area contributed by atoms with Gasteiger partial charge in [-0.05, 0) is 197 Å². The minimum absolute atomic E-state index is 0. The number of nitrogens with zero attached hydrogens (tertiary/aromatic N) is 8. The van der Waals surface area contributed by atoms with Crippen LogP contribution < -0.4 is 49.1 Å². The van der Waals surface area contributed by atoms with E-state index in [9.17, 15) is 5.11 Å². The summed E-state index contributed by atoms with van der Waals surface area (Å²) in [6.07, 6.45) is 35.5. The second-order valence-electron chi connectivity index (χ2n) is 23.2. The maximum absolute atomic E-state index is 13.5. The minimum atomic E-state index is -1.08. The summed E-state index contributed by atoms with van der Waals surface area (Å²) in [5.74, 6) is -4.71. The molecule has 0 unspecified atom stereocenters. The van der Waals surface area contributed by atoms with Gasteiger partial charge in [-0.2, -0.15) is 0 Å². The van der Waals surface area contributed by atoms with Crippen molar-refractivity contribution >= 4 is 113 Å². The molecule has 23 heteroatoms. The quantitative estimate of drug-likeness (QED) is 0.0614. The predicted octanol–water partition coefficient (Wildman–Crippen LogP) is 4.76. The van der Waals surface area contributed by atoms with Crippen LogP contribution in [-0.4, -0.2) is 81.9 Å². The summed E-state index contributed by atoms with van der Waals surface area (Å²) in [6.45, 7) is 10.0. The van der Waals surface area contributed by atoms with E-state index >= 15 is 0 Å². The van der Waals surface area contributed by atoms with E-state index in [1.165, 1.54) is 27.3 Å². The van der Waals surface area contributed by atoms with Crippen LogP contribution in [0.4, 0.5) is 5.69 Å². The number of carbonyl (C=O) groups is 5. The number of rotatable bonds is 10. The van der Waals surface area contributed by atoms with Gasteiger partial charge >= 0.3 is 17.1 Å². The molecule has 13 rings (SSSR count). The summed E-state index contributed by atoms with van der Waals surface area (Å²) in [5, 5.41) is 62.8. The molecule has 0 atom stereocenters. The van der Waals surface area contributed by atoms with Crippen molar-refractivity contribution in [1.29, 1.82) is 0 Å². The molecule has 100 heavy (non-hydrogen) atoms. The molecule has 5 aromatic heterocycles. The van der Waals surface area contributed by atoms with Gasteiger partial charge in [0, 0.05) is 141 Å². The van der Waals surface area contributed by atoms with Gasteiger partial charge in [0.2, 0.25) is 0 Å². The van der Waals surface area contributed by atoms with Gasteiger partial charge in [-0.25, -0.2) is 28.7 Å². The molecule has 0 radical (unpaired) electrons. The number of methoxy groups -OCH3 is 1. The molecule has 510 valence electrons. The van der Waals surface area contributed by atoms with Gasteiger partial charge in [0.05, 0.1) is 52.5 Å². The van der Waals surface area contributed by atoms with Crippen LogP contribution in [0.3, 0.4) is 0 Å². The van der Waals surface area contributed by atoms with Crippen molar-refractivity contribution < 1.29 is 90.1 Å². The summed E-state index contributed by atoms with van der Waals surface area (Å²) in [4.78, 5) is 74.9. The molecule has 0 spiro atoms. The van der Waals surface area contributed by atoms with Crippen LogP contribution >= 0.6 is 0 Å². The number of hydrogen-bond acceptors (Lipinski definition) is 17. The molecule has 8 aromatic rings. The summed E-state index contributed by atoms with van der Waals surface area (Å²) >= 11 is 0. The molecular weight excluding hydrogens is 1310 g/mol. The molecular formula is C77H73MnN10O12. The van der Waals surface area contributed by atoms with Crippen LogP contribution in [0.15, 0.2) is 226 Å². The van der Waals surface area contributed by atoms with E-state index in [1.807, 2.05) is 65.5 Å². The molecule has 2 N–H and O–H groups in total. The van der Waals surface area contributed by atoms with Crippen molar-refractivity contribution in [2.75, 3.05) is 14.2 Å². The molecule has 0 aliphatic carbocycles. The number of carbonyl (C=O) groups excluding carboxylic acids is 5. The first kappa shape index (κ1) is 75.4. The summed E-state index contributed by atoms with van der Waals surface area (Å²) < 4.78 is 11.9. The molecule has 0 saturated heterocycles. The first-order valence-corrected chi connectivity index (χ1v) is 31.3. The number of H-pyrrole nitrogens is 2. The summed E-state index contributed by atoms with van der Waals surface area (Å²) in [5.41, 5.74) is 19.7. The number of benzene rings is 3. The van der Waals surface area contributed by atoms with E-state index in [4.69, 9.17) is 69.2 Å². The van der Waals surface area contributed by atoms with Crippen molar-refractivity contribution in [2.24, 2.45) is 34.1 Å². The molecule has 3 aromatic carbocycles. The van der Waals surface area contributed by atoms with Gasteiger partial charge in [0.1, 0.15) is 26.4 Å². The van der Waals surface area contributed by atoms with Crippen LogP contribution in [0.1, 0.15) is 93.1 Å². The molecule has 5 aliphatic rings. The van der Waals surface area contributed by atoms with Gasteiger partial charge in [0.15, 0.2) is 37.2 Å². The molecule has 0 amide bonds. The Morgan fingerprint density at radius 1 is 0.520 bits per heavy atom. The van der Waals surface area contributed by atoms with Gasteiger partial charge in [0.25, 0.3) is 0 Å². The maximum Gasteiger partial charge on any atom is 3.00 e. The summed E-state index contributed by atoms with van der Waals surface area (Å²) in [7, 11) is 7.77. The largest absolute Gasteiger partial charge is 3.00 e. The monoisotopic (exact) mass is 1380 g/mol.